The predicted octanol–water partition coefficient (Wildman–Crippen LogP) is 2.31. The minimum absolute atomic E-state index is 0.271. The van der Waals surface area contributed by atoms with Crippen LogP contribution in [-0.2, 0) is 0 Å². The van der Waals surface area contributed by atoms with Crippen molar-refractivity contribution >= 4 is 11.6 Å². The van der Waals surface area contributed by atoms with E-state index in [-0.39, 0.29) is 6.04 Å². The van der Waals surface area contributed by atoms with Crippen LogP contribution in [0.4, 0.5) is 0 Å². The average molecular weight is 131 g/mol. The van der Waals surface area contributed by atoms with Gasteiger partial charge in [-0.2, -0.15) is 10.2 Å². The Morgan fingerprint density at radius 3 is 3.00 bits per heavy atom. The Bertz CT molecular complexity index is 139. The Hall–Kier alpha value is -0.370. The van der Waals surface area contributed by atoms with Gasteiger partial charge in [-0.05, 0) is 6.92 Å². The van der Waals surface area contributed by atoms with Gasteiger partial charge in [0.05, 0.1) is 12.2 Å². The predicted molar refractivity (Wildman–Crippen MR) is 32.9 cm³/mol. The van der Waals surface area contributed by atoms with Gasteiger partial charge < -0.3 is 0 Å². The van der Waals surface area contributed by atoms with Crippen LogP contribution in [0.2, 0.25) is 0 Å². The first-order valence-electron chi connectivity index (χ1n) is 2.53. The van der Waals surface area contributed by atoms with Crippen molar-refractivity contribution in [3.05, 3.63) is 11.2 Å². The van der Waals surface area contributed by atoms with Gasteiger partial charge in [0.25, 0.3) is 0 Å². The molecule has 0 spiro atoms. The van der Waals surface area contributed by atoms with Crippen LogP contribution in [0.3, 0.4) is 0 Å². The minimum Gasteiger partial charge on any atom is -0.186 e. The molecule has 1 unspecified atom stereocenters. The lowest BCUT2D eigenvalue weighted by Crippen LogP contribution is -1.98. The smallest absolute Gasteiger partial charge is 0.0733 e. The van der Waals surface area contributed by atoms with Crippen molar-refractivity contribution in [3.8, 4) is 0 Å². The Labute approximate surface area is 53.3 Å². The van der Waals surface area contributed by atoms with E-state index in [1.807, 2.05) is 6.92 Å². The molecule has 2 nitrogen and oxygen atoms in total. The summed E-state index contributed by atoms with van der Waals surface area (Å²) in [4.78, 5) is 0. The van der Waals surface area contributed by atoms with Gasteiger partial charge in [0.15, 0.2) is 0 Å². The largest absolute Gasteiger partial charge is 0.186 e. The molecule has 1 aliphatic rings. The molecule has 8 heavy (non-hydrogen) atoms. The van der Waals surface area contributed by atoms with E-state index in [0.29, 0.717) is 0 Å². The zero-order chi connectivity index (χ0) is 5.98. The molecule has 0 aromatic rings. The van der Waals surface area contributed by atoms with E-state index in [0.717, 1.165) is 11.5 Å². The summed E-state index contributed by atoms with van der Waals surface area (Å²) in [6.45, 7) is 1.98. The summed E-state index contributed by atoms with van der Waals surface area (Å²) in [6, 6.07) is 0.271. The Morgan fingerprint density at radius 2 is 2.62 bits per heavy atom. The zero-order valence-corrected chi connectivity index (χ0v) is 5.39. The van der Waals surface area contributed by atoms with Gasteiger partial charge in [-0.1, -0.05) is 11.6 Å². The van der Waals surface area contributed by atoms with Crippen molar-refractivity contribution in [1.82, 2.24) is 0 Å². The monoisotopic (exact) mass is 130 g/mol. The first-order chi connectivity index (χ1) is 3.79. The SMILES string of the molecule is CC1CC(Cl)=CN=N1. The highest BCUT2D eigenvalue weighted by molar-refractivity contribution is 6.29. The van der Waals surface area contributed by atoms with Gasteiger partial charge in [-0.25, -0.2) is 0 Å². The molecule has 0 saturated carbocycles. The van der Waals surface area contributed by atoms with E-state index in [4.69, 9.17) is 11.6 Å². The third-order valence-corrected chi connectivity index (χ3v) is 1.20. The molecule has 1 atom stereocenters. The van der Waals surface area contributed by atoms with E-state index in [1.165, 1.54) is 0 Å². The Balaban J connectivity index is 2.59. The fraction of sp³-hybridized carbons (Fsp3) is 0.600. The summed E-state index contributed by atoms with van der Waals surface area (Å²) in [6.07, 6.45) is 2.42. The van der Waals surface area contributed by atoms with Crippen LogP contribution in [0.25, 0.3) is 0 Å². The third-order valence-electron chi connectivity index (χ3n) is 0.952. The van der Waals surface area contributed by atoms with Crippen molar-refractivity contribution in [2.24, 2.45) is 10.2 Å². The van der Waals surface area contributed by atoms with Crippen LogP contribution in [-0.4, -0.2) is 6.04 Å². The quantitative estimate of drug-likeness (QED) is 0.481. The van der Waals surface area contributed by atoms with Crippen molar-refractivity contribution in [1.29, 1.82) is 0 Å². The molecule has 0 N–H and O–H groups in total. The number of azo groups is 1. The molecular weight excluding hydrogens is 124 g/mol. The molecule has 0 amide bonds. The molecule has 0 aliphatic carbocycles. The summed E-state index contributed by atoms with van der Waals surface area (Å²) in [5, 5.41) is 8.31. The third kappa shape index (κ3) is 1.30. The number of hydrogen-bond acceptors (Lipinski definition) is 2. The minimum atomic E-state index is 0.271. The number of rotatable bonds is 0. The molecule has 0 bridgehead atoms. The second-order valence-electron chi connectivity index (χ2n) is 1.86. The lowest BCUT2D eigenvalue weighted by atomic mass is 10.2. The van der Waals surface area contributed by atoms with E-state index in [2.05, 4.69) is 10.2 Å². The molecule has 1 aliphatic heterocycles. The lowest BCUT2D eigenvalue weighted by Gasteiger charge is -2.05. The lowest BCUT2D eigenvalue weighted by molar-refractivity contribution is 0.686. The molecule has 0 radical (unpaired) electrons. The van der Waals surface area contributed by atoms with Crippen LogP contribution in [0.1, 0.15) is 13.3 Å². The fourth-order valence-corrected chi connectivity index (χ4v) is 0.852. The molecule has 0 aromatic carbocycles. The van der Waals surface area contributed by atoms with E-state index in [1.54, 1.807) is 6.20 Å². The molecule has 1 rings (SSSR count). The van der Waals surface area contributed by atoms with Crippen LogP contribution >= 0.6 is 11.6 Å². The van der Waals surface area contributed by atoms with E-state index in [9.17, 15) is 0 Å². The molecular formula is C5H7ClN2. The molecule has 0 aromatic heterocycles. The molecule has 0 fully saturated rings. The van der Waals surface area contributed by atoms with Crippen molar-refractivity contribution in [3.63, 3.8) is 0 Å². The summed E-state index contributed by atoms with van der Waals surface area (Å²) >= 11 is 5.62. The second-order valence-corrected chi connectivity index (χ2v) is 2.35. The van der Waals surface area contributed by atoms with Gasteiger partial charge in [-0.15, -0.1) is 0 Å². The van der Waals surface area contributed by atoms with E-state index >= 15 is 0 Å². The number of halogens is 1. The highest BCUT2D eigenvalue weighted by atomic mass is 35.5. The highest BCUT2D eigenvalue weighted by Gasteiger charge is 2.04. The van der Waals surface area contributed by atoms with Gasteiger partial charge in [0.2, 0.25) is 0 Å². The maximum Gasteiger partial charge on any atom is 0.0733 e. The maximum atomic E-state index is 5.62. The summed E-state index contributed by atoms with van der Waals surface area (Å²) in [5.74, 6) is 0. The highest BCUT2D eigenvalue weighted by Crippen LogP contribution is 2.16. The van der Waals surface area contributed by atoms with Crippen LogP contribution in [0.5, 0.6) is 0 Å². The van der Waals surface area contributed by atoms with Gasteiger partial charge in [0.1, 0.15) is 0 Å². The molecule has 1 heterocycles. The normalized spacial score (nSPS) is 27.8. The summed E-state index contributed by atoms with van der Waals surface area (Å²) < 4.78 is 0. The first-order valence-corrected chi connectivity index (χ1v) is 2.91. The summed E-state index contributed by atoms with van der Waals surface area (Å²) in [5.41, 5.74) is 0. The first kappa shape index (κ1) is 5.76. The molecule has 3 heteroatoms. The topological polar surface area (TPSA) is 24.7 Å². The van der Waals surface area contributed by atoms with Gasteiger partial charge in [0, 0.05) is 11.5 Å². The zero-order valence-electron chi connectivity index (χ0n) is 4.63. The maximum absolute atomic E-state index is 5.62. The van der Waals surface area contributed by atoms with Crippen LogP contribution < -0.4 is 0 Å². The average Bonchev–Trinajstić information content (AvgIpc) is 1.64. The van der Waals surface area contributed by atoms with Crippen molar-refractivity contribution in [2.75, 3.05) is 0 Å². The van der Waals surface area contributed by atoms with Gasteiger partial charge in [-0.3, -0.25) is 0 Å². The molecule has 44 valence electrons. The molecule has 0 saturated heterocycles. The summed E-state index contributed by atoms with van der Waals surface area (Å²) in [7, 11) is 0. The Kier molecular flexibility index (Phi) is 1.63. The van der Waals surface area contributed by atoms with Gasteiger partial charge >= 0.3 is 0 Å². The van der Waals surface area contributed by atoms with Crippen molar-refractivity contribution in [2.45, 2.75) is 19.4 Å². The number of hydrogen-bond donors (Lipinski definition) is 0. The van der Waals surface area contributed by atoms with E-state index < -0.39 is 0 Å². The standard InChI is InChI=1S/C5H7ClN2/c1-4-2-5(6)3-7-8-4/h3-4H,2H2,1H3. The second kappa shape index (κ2) is 2.27. The van der Waals surface area contributed by atoms with Crippen molar-refractivity contribution < 1.29 is 0 Å². The van der Waals surface area contributed by atoms with Crippen LogP contribution in [0, 0.1) is 0 Å². The number of nitrogens with zero attached hydrogens (tertiary/aromatic N) is 2. The fourth-order valence-electron chi connectivity index (χ4n) is 0.586. The van der Waals surface area contributed by atoms with Crippen LogP contribution in [0.15, 0.2) is 21.5 Å². The Morgan fingerprint density at radius 1 is 1.88 bits per heavy atom.